The summed E-state index contributed by atoms with van der Waals surface area (Å²) in [6.07, 6.45) is 3.44. The maximum absolute atomic E-state index is 12.9. The molecule has 2 heterocycles. The number of nitrogens with zero attached hydrogens (tertiary/aromatic N) is 4. The van der Waals surface area contributed by atoms with Crippen LogP contribution < -0.4 is 10.1 Å². The number of carbonyl (C=O) groups excluding carboxylic acids is 1. The number of para-hydroxylation sites is 3. The van der Waals surface area contributed by atoms with E-state index in [4.69, 9.17) is 4.74 Å². The first-order chi connectivity index (χ1) is 15.6. The smallest absolute Gasteiger partial charge is 0.237 e. The van der Waals surface area contributed by atoms with Crippen molar-refractivity contribution in [1.29, 1.82) is 0 Å². The largest absolute Gasteiger partial charge is 0.495 e. The molecular formula is C24H23N5O2S. The van der Waals surface area contributed by atoms with Crippen molar-refractivity contribution in [3.63, 3.8) is 0 Å². The summed E-state index contributed by atoms with van der Waals surface area (Å²) < 4.78 is 7.48. The molecule has 1 amide bonds. The molecule has 0 aliphatic heterocycles. The minimum atomic E-state index is -0.408. The molecule has 162 valence electrons. The number of pyridine rings is 1. The lowest BCUT2D eigenvalue weighted by Gasteiger charge is -2.16. The molecule has 0 fully saturated rings. The van der Waals surface area contributed by atoms with Gasteiger partial charge in [-0.05, 0) is 49.7 Å². The number of aromatic nitrogens is 4. The highest BCUT2D eigenvalue weighted by atomic mass is 32.2. The topological polar surface area (TPSA) is 81.9 Å². The number of nitrogens with one attached hydrogen (secondary N) is 1. The monoisotopic (exact) mass is 445 g/mol. The van der Waals surface area contributed by atoms with Crippen LogP contribution in [0.4, 0.5) is 5.69 Å². The van der Waals surface area contributed by atoms with Crippen LogP contribution >= 0.6 is 11.8 Å². The van der Waals surface area contributed by atoms with Crippen LogP contribution in [-0.2, 0) is 4.79 Å². The lowest BCUT2D eigenvalue weighted by atomic mass is 10.2. The number of thioether (sulfide) groups is 1. The summed E-state index contributed by atoms with van der Waals surface area (Å²) in [7, 11) is 1.62. The van der Waals surface area contributed by atoms with E-state index < -0.39 is 5.25 Å². The van der Waals surface area contributed by atoms with Crippen molar-refractivity contribution >= 4 is 23.4 Å². The van der Waals surface area contributed by atoms with E-state index in [1.54, 1.807) is 19.5 Å². The van der Waals surface area contributed by atoms with Gasteiger partial charge >= 0.3 is 0 Å². The lowest BCUT2D eigenvalue weighted by Crippen LogP contribution is -2.23. The van der Waals surface area contributed by atoms with Crippen molar-refractivity contribution in [1.82, 2.24) is 19.7 Å². The van der Waals surface area contributed by atoms with E-state index in [9.17, 15) is 4.79 Å². The summed E-state index contributed by atoms with van der Waals surface area (Å²) >= 11 is 1.33. The number of rotatable bonds is 7. The average Bonchev–Trinajstić information content (AvgIpc) is 3.24. The van der Waals surface area contributed by atoms with Crippen LogP contribution in [0.3, 0.4) is 0 Å². The highest BCUT2D eigenvalue weighted by molar-refractivity contribution is 8.00. The first-order valence-corrected chi connectivity index (χ1v) is 11.0. The van der Waals surface area contributed by atoms with Gasteiger partial charge in [0.15, 0.2) is 11.0 Å². The molecule has 0 aliphatic rings. The highest BCUT2D eigenvalue weighted by Gasteiger charge is 2.23. The van der Waals surface area contributed by atoms with E-state index >= 15 is 0 Å². The molecule has 0 bridgehead atoms. The zero-order chi connectivity index (χ0) is 22.5. The Morgan fingerprint density at radius 1 is 1.06 bits per heavy atom. The molecule has 4 aromatic rings. The van der Waals surface area contributed by atoms with E-state index in [0.29, 0.717) is 16.7 Å². The van der Waals surface area contributed by atoms with Gasteiger partial charge in [-0.3, -0.25) is 14.3 Å². The maximum atomic E-state index is 12.9. The third-order valence-electron chi connectivity index (χ3n) is 4.93. The number of ether oxygens (including phenoxy) is 1. The maximum Gasteiger partial charge on any atom is 0.237 e. The molecular weight excluding hydrogens is 422 g/mol. The molecule has 2 aromatic heterocycles. The Kier molecular flexibility index (Phi) is 6.51. The number of methoxy groups -OCH3 is 1. The van der Waals surface area contributed by atoms with Gasteiger partial charge in [0.05, 0.1) is 18.0 Å². The number of amides is 1. The number of aryl methyl sites for hydroxylation is 1. The second-order valence-electron chi connectivity index (χ2n) is 7.12. The Bertz CT molecular complexity index is 1230. The second-order valence-corrected chi connectivity index (χ2v) is 8.43. The number of hydrogen-bond acceptors (Lipinski definition) is 6. The first-order valence-electron chi connectivity index (χ1n) is 10.1. The quantitative estimate of drug-likeness (QED) is 0.413. The van der Waals surface area contributed by atoms with Crippen molar-refractivity contribution in [2.75, 3.05) is 12.4 Å². The number of hydrogen-bond donors (Lipinski definition) is 1. The first kappa shape index (κ1) is 21.6. The molecule has 1 N–H and O–H groups in total. The summed E-state index contributed by atoms with van der Waals surface area (Å²) in [6, 6.07) is 19.1. The Labute approximate surface area is 190 Å². The van der Waals surface area contributed by atoms with E-state index in [0.717, 1.165) is 22.5 Å². The van der Waals surface area contributed by atoms with Crippen molar-refractivity contribution < 1.29 is 9.53 Å². The predicted molar refractivity (Wildman–Crippen MR) is 126 cm³/mol. The molecule has 4 rings (SSSR count). The standard InChI is InChI=1S/C24H23N5O2S/c1-16-9-4-5-11-19(16)26-23(30)17(2)32-24-28-27-22(18-10-8-14-25-15-18)29(24)20-12-6-7-13-21(20)31-3/h4-15,17H,1-3H3,(H,26,30). The fraction of sp³-hybridized carbons (Fsp3) is 0.167. The third kappa shape index (κ3) is 4.50. The zero-order valence-corrected chi connectivity index (χ0v) is 18.8. The second kappa shape index (κ2) is 9.65. The van der Waals surface area contributed by atoms with Crippen LogP contribution in [-0.4, -0.2) is 38.0 Å². The van der Waals surface area contributed by atoms with Gasteiger partial charge in [0.1, 0.15) is 5.75 Å². The summed E-state index contributed by atoms with van der Waals surface area (Å²) in [5.74, 6) is 1.19. The molecule has 2 aromatic carbocycles. The van der Waals surface area contributed by atoms with Crippen LogP contribution in [0.2, 0.25) is 0 Å². The summed E-state index contributed by atoms with van der Waals surface area (Å²) in [5, 5.41) is 12.0. The molecule has 0 saturated heterocycles. The Hall–Kier alpha value is -3.65. The van der Waals surface area contributed by atoms with E-state index in [1.807, 2.05) is 79.1 Å². The van der Waals surface area contributed by atoms with Crippen LogP contribution in [0.15, 0.2) is 78.2 Å². The summed E-state index contributed by atoms with van der Waals surface area (Å²) in [5.41, 5.74) is 3.41. The number of carbonyl (C=O) groups is 1. The lowest BCUT2D eigenvalue weighted by molar-refractivity contribution is -0.115. The number of benzene rings is 2. The molecule has 8 heteroatoms. The molecule has 0 saturated carbocycles. The minimum Gasteiger partial charge on any atom is -0.495 e. The Morgan fingerprint density at radius 2 is 1.84 bits per heavy atom. The van der Waals surface area contributed by atoms with Gasteiger partial charge in [0.25, 0.3) is 0 Å². The normalized spacial score (nSPS) is 11.7. The zero-order valence-electron chi connectivity index (χ0n) is 18.0. The SMILES string of the molecule is COc1ccccc1-n1c(SC(C)C(=O)Nc2ccccc2C)nnc1-c1cccnc1. The Balaban J connectivity index is 1.69. The van der Waals surface area contributed by atoms with E-state index in [2.05, 4.69) is 20.5 Å². The molecule has 1 unspecified atom stereocenters. The van der Waals surface area contributed by atoms with Gasteiger partial charge in [-0.2, -0.15) is 0 Å². The molecule has 7 nitrogen and oxygen atoms in total. The van der Waals surface area contributed by atoms with Gasteiger partial charge in [-0.15, -0.1) is 10.2 Å². The fourth-order valence-corrected chi connectivity index (χ4v) is 4.08. The molecule has 0 aliphatic carbocycles. The van der Waals surface area contributed by atoms with Gasteiger partial charge in [0, 0.05) is 23.6 Å². The van der Waals surface area contributed by atoms with Gasteiger partial charge in [-0.1, -0.05) is 42.1 Å². The number of anilines is 1. The predicted octanol–water partition coefficient (Wildman–Crippen LogP) is 4.77. The van der Waals surface area contributed by atoms with Gasteiger partial charge in [-0.25, -0.2) is 0 Å². The Morgan fingerprint density at radius 3 is 2.59 bits per heavy atom. The minimum absolute atomic E-state index is 0.109. The summed E-state index contributed by atoms with van der Waals surface area (Å²) in [4.78, 5) is 17.1. The van der Waals surface area contributed by atoms with Crippen molar-refractivity contribution in [3.05, 3.63) is 78.6 Å². The van der Waals surface area contributed by atoms with Crippen molar-refractivity contribution in [2.45, 2.75) is 24.3 Å². The molecule has 0 radical (unpaired) electrons. The van der Waals surface area contributed by atoms with Gasteiger partial charge in [0.2, 0.25) is 5.91 Å². The fourth-order valence-electron chi connectivity index (χ4n) is 3.22. The van der Waals surface area contributed by atoms with Crippen LogP contribution in [0.25, 0.3) is 17.1 Å². The van der Waals surface area contributed by atoms with Crippen LogP contribution in [0, 0.1) is 6.92 Å². The average molecular weight is 446 g/mol. The molecule has 32 heavy (non-hydrogen) atoms. The molecule has 1 atom stereocenters. The highest BCUT2D eigenvalue weighted by Crippen LogP contribution is 2.34. The van der Waals surface area contributed by atoms with Crippen molar-refractivity contribution in [3.8, 4) is 22.8 Å². The van der Waals surface area contributed by atoms with Crippen LogP contribution in [0.5, 0.6) is 5.75 Å². The van der Waals surface area contributed by atoms with E-state index in [-0.39, 0.29) is 5.91 Å². The van der Waals surface area contributed by atoms with Crippen molar-refractivity contribution in [2.24, 2.45) is 0 Å². The summed E-state index contributed by atoms with van der Waals surface area (Å²) in [6.45, 7) is 3.81. The van der Waals surface area contributed by atoms with Gasteiger partial charge < -0.3 is 10.1 Å². The molecule has 0 spiro atoms. The third-order valence-corrected chi connectivity index (χ3v) is 5.98. The van der Waals surface area contributed by atoms with Crippen LogP contribution in [0.1, 0.15) is 12.5 Å². The van der Waals surface area contributed by atoms with E-state index in [1.165, 1.54) is 11.8 Å².